The molecule has 5 nitrogen and oxygen atoms in total. The predicted molar refractivity (Wildman–Crippen MR) is 43.2 cm³/mol. The molecule has 0 bridgehead atoms. The van der Waals surface area contributed by atoms with E-state index >= 15 is 0 Å². The lowest BCUT2D eigenvalue weighted by Crippen LogP contribution is -2.46. The zero-order valence-electron chi connectivity index (χ0n) is 6.93. The standard InChI is InChI=1S/C6H13NO4S/c1-12(9,10)7-2-3-11-6(4-7)5-8/h6,8H,2-5H2,1H3. The van der Waals surface area contributed by atoms with Crippen LogP contribution in [0.25, 0.3) is 0 Å². The Hall–Kier alpha value is -0.170. The number of morpholine rings is 1. The molecule has 1 fully saturated rings. The Bertz CT molecular complexity index is 238. The van der Waals surface area contributed by atoms with Crippen molar-refractivity contribution in [2.45, 2.75) is 6.10 Å². The summed E-state index contributed by atoms with van der Waals surface area (Å²) in [4.78, 5) is 0. The van der Waals surface area contributed by atoms with E-state index in [1.807, 2.05) is 0 Å². The van der Waals surface area contributed by atoms with E-state index in [4.69, 9.17) is 9.84 Å². The number of hydrogen-bond donors (Lipinski definition) is 1. The van der Waals surface area contributed by atoms with Crippen LogP contribution in [0.5, 0.6) is 0 Å². The van der Waals surface area contributed by atoms with Crippen LogP contribution in [0.4, 0.5) is 0 Å². The summed E-state index contributed by atoms with van der Waals surface area (Å²) in [5.74, 6) is 0. The van der Waals surface area contributed by atoms with Gasteiger partial charge in [-0.2, -0.15) is 4.31 Å². The van der Waals surface area contributed by atoms with Gasteiger partial charge in [0.15, 0.2) is 0 Å². The van der Waals surface area contributed by atoms with Crippen molar-refractivity contribution in [3.63, 3.8) is 0 Å². The van der Waals surface area contributed by atoms with Crippen LogP contribution >= 0.6 is 0 Å². The van der Waals surface area contributed by atoms with Crippen molar-refractivity contribution in [3.05, 3.63) is 0 Å². The fraction of sp³-hybridized carbons (Fsp3) is 1.00. The first-order valence-electron chi connectivity index (χ1n) is 3.71. The number of ether oxygens (including phenoxy) is 1. The summed E-state index contributed by atoms with van der Waals surface area (Å²) >= 11 is 0. The highest BCUT2D eigenvalue weighted by molar-refractivity contribution is 7.88. The largest absolute Gasteiger partial charge is 0.394 e. The first-order valence-corrected chi connectivity index (χ1v) is 5.56. The number of hydrogen-bond acceptors (Lipinski definition) is 4. The molecule has 0 amide bonds. The van der Waals surface area contributed by atoms with Gasteiger partial charge in [-0.1, -0.05) is 0 Å². The molecule has 0 saturated carbocycles. The lowest BCUT2D eigenvalue weighted by molar-refractivity contribution is -0.0303. The second-order valence-electron chi connectivity index (χ2n) is 2.80. The molecule has 0 spiro atoms. The summed E-state index contributed by atoms with van der Waals surface area (Å²) in [5, 5.41) is 8.73. The molecule has 1 N–H and O–H groups in total. The third-order valence-corrected chi connectivity index (χ3v) is 3.04. The Morgan fingerprint density at radius 3 is 2.83 bits per heavy atom. The van der Waals surface area contributed by atoms with Crippen LogP contribution in [0.1, 0.15) is 0 Å². The molecule has 1 aliphatic rings. The van der Waals surface area contributed by atoms with Crippen LogP contribution in [-0.4, -0.2) is 56.5 Å². The molecule has 1 atom stereocenters. The Labute approximate surface area is 72.0 Å². The van der Waals surface area contributed by atoms with Gasteiger partial charge in [-0.3, -0.25) is 0 Å². The van der Waals surface area contributed by atoms with E-state index in [0.29, 0.717) is 13.2 Å². The highest BCUT2D eigenvalue weighted by Gasteiger charge is 2.25. The highest BCUT2D eigenvalue weighted by atomic mass is 32.2. The summed E-state index contributed by atoms with van der Waals surface area (Å²) in [7, 11) is -3.13. The number of sulfonamides is 1. The molecular formula is C6H13NO4S. The van der Waals surface area contributed by atoms with Crippen LogP contribution in [-0.2, 0) is 14.8 Å². The van der Waals surface area contributed by atoms with Gasteiger partial charge in [0.2, 0.25) is 10.0 Å². The lowest BCUT2D eigenvalue weighted by Gasteiger charge is -2.29. The molecule has 0 aromatic heterocycles. The van der Waals surface area contributed by atoms with Crippen molar-refractivity contribution in [1.29, 1.82) is 0 Å². The Morgan fingerprint density at radius 2 is 2.33 bits per heavy atom. The number of aliphatic hydroxyl groups is 1. The first-order chi connectivity index (χ1) is 5.54. The Kier molecular flexibility index (Phi) is 3.05. The molecule has 1 unspecified atom stereocenters. The van der Waals surface area contributed by atoms with E-state index in [9.17, 15) is 8.42 Å². The average molecular weight is 195 g/mol. The van der Waals surface area contributed by atoms with Crippen molar-refractivity contribution in [2.75, 3.05) is 32.6 Å². The fourth-order valence-corrected chi connectivity index (χ4v) is 1.95. The van der Waals surface area contributed by atoms with Crippen molar-refractivity contribution >= 4 is 10.0 Å². The summed E-state index contributed by atoms with van der Waals surface area (Å²) in [6, 6.07) is 0. The molecule has 0 aliphatic carbocycles. The predicted octanol–water partition coefficient (Wildman–Crippen LogP) is -1.36. The fourth-order valence-electron chi connectivity index (χ4n) is 1.10. The molecule has 12 heavy (non-hydrogen) atoms. The van der Waals surface area contributed by atoms with Crippen LogP contribution in [0, 0.1) is 0 Å². The minimum atomic E-state index is -3.13. The second kappa shape index (κ2) is 3.69. The van der Waals surface area contributed by atoms with Gasteiger partial charge in [0.05, 0.1) is 25.6 Å². The molecule has 72 valence electrons. The van der Waals surface area contributed by atoms with Crippen LogP contribution < -0.4 is 0 Å². The van der Waals surface area contributed by atoms with Gasteiger partial charge in [-0.25, -0.2) is 8.42 Å². The maximum absolute atomic E-state index is 11.0. The maximum Gasteiger partial charge on any atom is 0.211 e. The van der Waals surface area contributed by atoms with Crippen LogP contribution in [0.3, 0.4) is 0 Å². The van der Waals surface area contributed by atoms with Crippen molar-refractivity contribution in [1.82, 2.24) is 4.31 Å². The summed E-state index contributed by atoms with van der Waals surface area (Å²) < 4.78 is 28.5. The Balaban J connectivity index is 2.58. The molecule has 6 heteroatoms. The van der Waals surface area contributed by atoms with Gasteiger partial charge < -0.3 is 9.84 Å². The molecule has 1 rings (SSSR count). The van der Waals surface area contributed by atoms with Gasteiger partial charge in [0.25, 0.3) is 0 Å². The third kappa shape index (κ3) is 2.41. The van der Waals surface area contributed by atoms with Gasteiger partial charge >= 0.3 is 0 Å². The normalized spacial score (nSPS) is 27.3. The molecule has 1 heterocycles. The lowest BCUT2D eigenvalue weighted by atomic mass is 10.3. The van der Waals surface area contributed by atoms with E-state index in [-0.39, 0.29) is 19.3 Å². The number of aliphatic hydroxyl groups excluding tert-OH is 1. The molecule has 0 aromatic carbocycles. The second-order valence-corrected chi connectivity index (χ2v) is 4.78. The van der Waals surface area contributed by atoms with Crippen LogP contribution in [0.2, 0.25) is 0 Å². The minimum absolute atomic E-state index is 0.133. The summed E-state index contributed by atoms with van der Waals surface area (Å²) in [6.45, 7) is 0.870. The van der Waals surface area contributed by atoms with Crippen molar-refractivity contribution < 1.29 is 18.3 Å². The third-order valence-electron chi connectivity index (χ3n) is 1.77. The highest BCUT2D eigenvalue weighted by Crippen LogP contribution is 2.07. The van der Waals surface area contributed by atoms with Gasteiger partial charge in [0, 0.05) is 13.1 Å². The van der Waals surface area contributed by atoms with Crippen molar-refractivity contribution in [3.8, 4) is 0 Å². The Morgan fingerprint density at radius 1 is 1.67 bits per heavy atom. The molecule has 1 aliphatic heterocycles. The van der Waals surface area contributed by atoms with E-state index in [1.54, 1.807) is 0 Å². The van der Waals surface area contributed by atoms with Gasteiger partial charge in [-0.05, 0) is 0 Å². The molecule has 0 aromatic rings. The number of rotatable bonds is 2. The topological polar surface area (TPSA) is 66.8 Å². The summed E-state index contributed by atoms with van der Waals surface area (Å²) in [6.07, 6.45) is 0.792. The van der Waals surface area contributed by atoms with Crippen molar-refractivity contribution in [2.24, 2.45) is 0 Å². The minimum Gasteiger partial charge on any atom is -0.394 e. The molecule has 1 saturated heterocycles. The van der Waals surface area contributed by atoms with E-state index in [1.165, 1.54) is 4.31 Å². The molecular weight excluding hydrogens is 182 g/mol. The monoisotopic (exact) mass is 195 g/mol. The van der Waals surface area contributed by atoms with Gasteiger partial charge in [-0.15, -0.1) is 0 Å². The summed E-state index contributed by atoms with van der Waals surface area (Å²) in [5.41, 5.74) is 0. The molecule has 0 radical (unpaired) electrons. The van der Waals surface area contributed by atoms with Gasteiger partial charge in [0.1, 0.15) is 0 Å². The van der Waals surface area contributed by atoms with E-state index in [2.05, 4.69) is 0 Å². The first kappa shape index (κ1) is 9.91. The smallest absolute Gasteiger partial charge is 0.211 e. The zero-order chi connectivity index (χ0) is 9.19. The zero-order valence-corrected chi connectivity index (χ0v) is 7.75. The average Bonchev–Trinajstić information content (AvgIpc) is 2.03. The maximum atomic E-state index is 11.0. The quantitative estimate of drug-likeness (QED) is 0.591. The number of nitrogens with zero attached hydrogens (tertiary/aromatic N) is 1. The SMILES string of the molecule is CS(=O)(=O)N1CCOC(CO)C1. The van der Waals surface area contributed by atoms with E-state index in [0.717, 1.165) is 6.26 Å². The van der Waals surface area contributed by atoms with Crippen LogP contribution in [0.15, 0.2) is 0 Å². The van der Waals surface area contributed by atoms with E-state index < -0.39 is 10.0 Å².